The Morgan fingerprint density at radius 1 is 1.44 bits per heavy atom. The van der Waals surface area contributed by atoms with Crippen LogP contribution in [0.25, 0.3) is 0 Å². The Hall–Kier alpha value is -1.85. The number of hydrogen-bond donors (Lipinski definition) is 2. The average molecular weight is 251 g/mol. The van der Waals surface area contributed by atoms with Gasteiger partial charge >= 0.3 is 5.97 Å². The quantitative estimate of drug-likeness (QED) is 0.818. The van der Waals surface area contributed by atoms with E-state index in [2.05, 4.69) is 10.4 Å². The van der Waals surface area contributed by atoms with Gasteiger partial charge in [-0.15, -0.1) is 0 Å². The molecule has 1 heterocycles. The van der Waals surface area contributed by atoms with Gasteiger partial charge in [-0.3, -0.25) is 9.48 Å². The average Bonchev–Trinajstić information content (AvgIpc) is 2.96. The molecule has 2 rings (SSSR count). The lowest BCUT2D eigenvalue weighted by Crippen LogP contribution is -2.33. The molecule has 2 N–H and O–H groups in total. The predicted molar refractivity (Wildman–Crippen MR) is 64.2 cm³/mol. The largest absolute Gasteiger partial charge is 0.478 e. The third kappa shape index (κ3) is 3.32. The molecule has 1 aromatic rings. The van der Waals surface area contributed by atoms with Crippen LogP contribution in [0.1, 0.15) is 42.5 Å². The zero-order valence-corrected chi connectivity index (χ0v) is 10.1. The Morgan fingerprint density at radius 3 is 2.78 bits per heavy atom. The van der Waals surface area contributed by atoms with Crippen molar-refractivity contribution in [2.45, 2.75) is 44.7 Å². The summed E-state index contributed by atoms with van der Waals surface area (Å²) in [7, 11) is 0. The van der Waals surface area contributed by atoms with Crippen LogP contribution in [-0.4, -0.2) is 32.8 Å². The monoisotopic (exact) mass is 251 g/mol. The normalized spacial score (nSPS) is 15.8. The highest BCUT2D eigenvalue weighted by Crippen LogP contribution is 2.17. The van der Waals surface area contributed by atoms with E-state index >= 15 is 0 Å². The summed E-state index contributed by atoms with van der Waals surface area (Å²) in [6.45, 7) is 0.409. The molecule has 6 heteroatoms. The van der Waals surface area contributed by atoms with Gasteiger partial charge in [-0.25, -0.2) is 4.79 Å². The van der Waals surface area contributed by atoms with E-state index in [1.165, 1.54) is 29.9 Å². The lowest BCUT2D eigenvalue weighted by Gasteiger charge is -2.11. The number of carboxylic acids is 1. The zero-order chi connectivity index (χ0) is 13.0. The van der Waals surface area contributed by atoms with Crippen LogP contribution in [0.5, 0.6) is 0 Å². The van der Waals surface area contributed by atoms with Crippen molar-refractivity contribution >= 4 is 11.9 Å². The zero-order valence-electron chi connectivity index (χ0n) is 10.1. The minimum absolute atomic E-state index is 0.00859. The third-order valence-corrected chi connectivity index (χ3v) is 3.17. The molecule has 0 radical (unpaired) electrons. The first-order valence-electron chi connectivity index (χ1n) is 6.20. The number of nitrogens with one attached hydrogen (secondary N) is 1. The summed E-state index contributed by atoms with van der Waals surface area (Å²) >= 11 is 0. The van der Waals surface area contributed by atoms with Gasteiger partial charge in [-0.2, -0.15) is 5.10 Å². The van der Waals surface area contributed by atoms with Crippen LogP contribution in [0.2, 0.25) is 0 Å². The number of carbonyl (C=O) groups excluding carboxylic acids is 1. The van der Waals surface area contributed by atoms with Crippen molar-refractivity contribution in [3.05, 3.63) is 18.0 Å². The maximum Gasteiger partial charge on any atom is 0.338 e. The number of aromatic carboxylic acids is 1. The van der Waals surface area contributed by atoms with Gasteiger partial charge in [0, 0.05) is 25.2 Å². The molecule has 1 fully saturated rings. The Morgan fingerprint density at radius 2 is 2.17 bits per heavy atom. The minimum Gasteiger partial charge on any atom is -0.478 e. The van der Waals surface area contributed by atoms with E-state index in [0.717, 1.165) is 12.8 Å². The molecular formula is C12H17N3O3. The number of amides is 1. The number of carboxylic acid groups (broad SMARTS) is 1. The highest BCUT2D eigenvalue weighted by molar-refractivity contribution is 5.86. The minimum atomic E-state index is -1.00. The number of aryl methyl sites for hydroxylation is 1. The summed E-state index contributed by atoms with van der Waals surface area (Å²) in [6.07, 6.45) is 7.56. The van der Waals surface area contributed by atoms with Crippen molar-refractivity contribution < 1.29 is 14.7 Å². The SMILES string of the molecule is O=C(CCn1cc(C(=O)O)cn1)NC1CCCC1. The van der Waals surface area contributed by atoms with E-state index in [4.69, 9.17) is 5.11 Å². The predicted octanol–water partition coefficient (Wildman–Crippen LogP) is 1.03. The molecule has 0 unspecified atom stereocenters. The first kappa shape index (κ1) is 12.6. The second kappa shape index (κ2) is 5.66. The standard InChI is InChI=1S/C12H17N3O3/c16-11(14-10-3-1-2-4-10)5-6-15-8-9(7-13-15)12(17)18/h7-8,10H,1-6H2,(H,14,16)(H,17,18). The lowest BCUT2D eigenvalue weighted by atomic mass is 10.2. The fraction of sp³-hybridized carbons (Fsp3) is 0.583. The molecule has 0 bridgehead atoms. The van der Waals surface area contributed by atoms with Gasteiger partial charge in [0.05, 0.1) is 11.8 Å². The Kier molecular flexibility index (Phi) is 3.96. The van der Waals surface area contributed by atoms with Gasteiger partial charge in [0.1, 0.15) is 0 Å². The fourth-order valence-corrected chi connectivity index (χ4v) is 2.18. The molecule has 1 amide bonds. The van der Waals surface area contributed by atoms with E-state index < -0.39 is 5.97 Å². The van der Waals surface area contributed by atoms with E-state index in [0.29, 0.717) is 19.0 Å². The first-order valence-corrected chi connectivity index (χ1v) is 6.20. The van der Waals surface area contributed by atoms with Crippen molar-refractivity contribution in [2.75, 3.05) is 0 Å². The number of rotatable bonds is 5. The van der Waals surface area contributed by atoms with Crippen molar-refractivity contribution in [2.24, 2.45) is 0 Å². The van der Waals surface area contributed by atoms with E-state index in [1.807, 2.05) is 0 Å². The number of hydrogen-bond acceptors (Lipinski definition) is 3. The van der Waals surface area contributed by atoms with Gasteiger partial charge in [0.25, 0.3) is 0 Å². The molecule has 0 aromatic carbocycles. The summed E-state index contributed by atoms with van der Waals surface area (Å²) in [5.41, 5.74) is 0.145. The van der Waals surface area contributed by atoms with Gasteiger partial charge in [0.2, 0.25) is 5.91 Å². The van der Waals surface area contributed by atoms with Crippen LogP contribution < -0.4 is 5.32 Å². The second-order valence-corrected chi connectivity index (χ2v) is 4.60. The summed E-state index contributed by atoms with van der Waals surface area (Å²) < 4.78 is 1.48. The highest BCUT2D eigenvalue weighted by atomic mass is 16.4. The molecule has 0 aliphatic heterocycles. The van der Waals surface area contributed by atoms with Crippen molar-refractivity contribution in [1.29, 1.82) is 0 Å². The fourth-order valence-electron chi connectivity index (χ4n) is 2.18. The summed E-state index contributed by atoms with van der Waals surface area (Å²) in [5.74, 6) is -0.995. The first-order chi connectivity index (χ1) is 8.65. The van der Waals surface area contributed by atoms with Crippen molar-refractivity contribution in [3.8, 4) is 0 Å². The number of aromatic nitrogens is 2. The molecule has 0 saturated heterocycles. The molecule has 1 saturated carbocycles. The number of carbonyl (C=O) groups is 2. The van der Waals surface area contributed by atoms with Gasteiger partial charge in [-0.05, 0) is 12.8 Å². The van der Waals surface area contributed by atoms with Crippen LogP contribution >= 0.6 is 0 Å². The van der Waals surface area contributed by atoms with Crippen LogP contribution in [0, 0.1) is 0 Å². The topological polar surface area (TPSA) is 84.2 Å². The van der Waals surface area contributed by atoms with Crippen LogP contribution in [0.3, 0.4) is 0 Å². The summed E-state index contributed by atoms with van der Waals surface area (Å²) in [4.78, 5) is 22.3. The Bertz CT molecular complexity index is 436. The van der Waals surface area contributed by atoms with Crippen molar-refractivity contribution in [1.82, 2.24) is 15.1 Å². The molecular weight excluding hydrogens is 234 g/mol. The van der Waals surface area contributed by atoms with Crippen molar-refractivity contribution in [3.63, 3.8) is 0 Å². The highest BCUT2D eigenvalue weighted by Gasteiger charge is 2.16. The molecule has 0 spiro atoms. The number of nitrogens with zero attached hydrogens (tertiary/aromatic N) is 2. The third-order valence-electron chi connectivity index (χ3n) is 3.17. The molecule has 1 aliphatic carbocycles. The van der Waals surface area contributed by atoms with Crippen LogP contribution in [0.4, 0.5) is 0 Å². The summed E-state index contributed by atoms with van der Waals surface area (Å²) in [6, 6.07) is 0.324. The Balaban J connectivity index is 1.76. The van der Waals surface area contributed by atoms with Gasteiger partial charge in [0.15, 0.2) is 0 Å². The molecule has 1 aliphatic rings. The second-order valence-electron chi connectivity index (χ2n) is 4.60. The maximum absolute atomic E-state index is 11.6. The smallest absolute Gasteiger partial charge is 0.338 e. The van der Waals surface area contributed by atoms with E-state index in [1.54, 1.807) is 0 Å². The van der Waals surface area contributed by atoms with Gasteiger partial charge in [-0.1, -0.05) is 12.8 Å². The van der Waals surface area contributed by atoms with Gasteiger partial charge < -0.3 is 10.4 Å². The van der Waals surface area contributed by atoms with E-state index in [-0.39, 0.29) is 11.5 Å². The summed E-state index contributed by atoms with van der Waals surface area (Å²) in [5, 5.41) is 15.6. The van der Waals surface area contributed by atoms with E-state index in [9.17, 15) is 9.59 Å². The molecule has 1 aromatic heterocycles. The molecule has 18 heavy (non-hydrogen) atoms. The molecule has 6 nitrogen and oxygen atoms in total. The molecule has 0 atom stereocenters. The lowest BCUT2D eigenvalue weighted by molar-refractivity contribution is -0.122. The Labute approximate surface area is 105 Å². The maximum atomic E-state index is 11.6. The molecule has 98 valence electrons. The van der Waals surface area contributed by atoms with Crippen LogP contribution in [-0.2, 0) is 11.3 Å². The van der Waals surface area contributed by atoms with Crippen LogP contribution in [0.15, 0.2) is 12.4 Å².